The number of likely N-dealkylation sites (N-methyl/N-ethyl adjacent to an activating group) is 1. The molecule has 0 aliphatic heterocycles. The van der Waals surface area contributed by atoms with Crippen LogP contribution in [0.25, 0.3) is 0 Å². The monoisotopic (exact) mass is 132 g/mol. The Morgan fingerprint density at radius 2 is 1.78 bits per heavy atom. The molecule has 3 nitrogen and oxygen atoms in total. The molecule has 0 aliphatic rings. The molecule has 0 aliphatic carbocycles. The largest absolute Gasteiger partial charge is 0.348 e. The molecule has 0 aromatic carbocycles. The highest BCUT2D eigenvalue weighted by Crippen LogP contribution is 1.70. The first kappa shape index (κ1) is 11.3. The van der Waals surface area contributed by atoms with Crippen LogP contribution < -0.4 is 5.73 Å². The Hall–Kier alpha value is -0.570. The van der Waals surface area contributed by atoms with Crippen LogP contribution in [-0.2, 0) is 4.79 Å². The fourth-order valence-electron chi connectivity index (χ4n) is 0.183. The minimum Gasteiger partial charge on any atom is -0.348 e. The number of nitrogens with zero attached hydrogens (tertiary/aromatic N) is 1. The van der Waals surface area contributed by atoms with Crippen molar-refractivity contribution in [1.82, 2.24) is 4.90 Å². The summed E-state index contributed by atoms with van der Waals surface area (Å²) in [5, 5.41) is 0. The fraction of sp³-hybridized carbons (Fsp3) is 0.833. The molecule has 0 rings (SSSR count). The van der Waals surface area contributed by atoms with Crippen molar-refractivity contribution in [2.75, 3.05) is 20.6 Å². The third-order valence-corrected chi connectivity index (χ3v) is 0.673. The molecule has 0 heterocycles. The second-order valence-corrected chi connectivity index (χ2v) is 1.49. The van der Waals surface area contributed by atoms with Gasteiger partial charge in [0, 0.05) is 14.1 Å². The van der Waals surface area contributed by atoms with Crippen LogP contribution in [0.5, 0.6) is 0 Å². The maximum Gasteiger partial charge on any atom is 0.235 e. The zero-order valence-corrected chi connectivity index (χ0v) is 6.64. The molecule has 0 aromatic heterocycles. The molecule has 0 unspecified atom stereocenters. The van der Waals surface area contributed by atoms with Gasteiger partial charge in [-0.05, 0) is 0 Å². The van der Waals surface area contributed by atoms with Crippen LogP contribution in [0, 0.1) is 0 Å². The highest BCUT2D eigenvalue weighted by molar-refractivity contribution is 5.77. The maximum atomic E-state index is 10.3. The fourth-order valence-corrected chi connectivity index (χ4v) is 0.183. The van der Waals surface area contributed by atoms with Crippen LogP contribution in [0.15, 0.2) is 0 Å². The lowest BCUT2D eigenvalue weighted by molar-refractivity contribution is -0.127. The summed E-state index contributed by atoms with van der Waals surface area (Å²) in [5.74, 6) is -0.0417. The van der Waals surface area contributed by atoms with Crippen LogP contribution in [0.3, 0.4) is 0 Å². The quantitative estimate of drug-likeness (QED) is 0.548. The number of amides is 1. The molecule has 56 valence electrons. The van der Waals surface area contributed by atoms with Gasteiger partial charge in [-0.2, -0.15) is 0 Å². The molecule has 0 aromatic rings. The number of carbonyl (C=O) groups is 1. The second-order valence-electron chi connectivity index (χ2n) is 1.49. The van der Waals surface area contributed by atoms with Crippen molar-refractivity contribution < 1.29 is 4.79 Å². The third-order valence-electron chi connectivity index (χ3n) is 0.673. The van der Waals surface area contributed by atoms with E-state index in [1.54, 1.807) is 14.1 Å². The first-order valence-corrected chi connectivity index (χ1v) is 3.08. The summed E-state index contributed by atoms with van der Waals surface area (Å²) in [5.41, 5.74) is 4.98. The zero-order valence-electron chi connectivity index (χ0n) is 6.64. The van der Waals surface area contributed by atoms with Gasteiger partial charge in [0.15, 0.2) is 0 Å². The van der Waals surface area contributed by atoms with E-state index in [2.05, 4.69) is 0 Å². The Kier molecular flexibility index (Phi) is 9.29. The van der Waals surface area contributed by atoms with Gasteiger partial charge in [0.1, 0.15) is 0 Å². The summed E-state index contributed by atoms with van der Waals surface area (Å²) >= 11 is 0. The normalized spacial score (nSPS) is 7.22. The van der Waals surface area contributed by atoms with Crippen LogP contribution in [-0.4, -0.2) is 31.4 Å². The number of hydrogen-bond acceptors (Lipinski definition) is 2. The predicted octanol–water partition coefficient (Wildman–Crippen LogP) is 0.0595. The molecule has 0 atom stereocenters. The molecule has 1 amide bonds. The lowest BCUT2D eigenvalue weighted by Crippen LogP contribution is -2.28. The Morgan fingerprint density at radius 1 is 1.44 bits per heavy atom. The van der Waals surface area contributed by atoms with E-state index >= 15 is 0 Å². The number of hydrogen-bond donors (Lipinski definition) is 1. The van der Waals surface area contributed by atoms with E-state index in [1.165, 1.54) is 4.90 Å². The molecule has 0 saturated heterocycles. The van der Waals surface area contributed by atoms with Gasteiger partial charge in [-0.3, -0.25) is 4.79 Å². The van der Waals surface area contributed by atoms with E-state index in [1.807, 2.05) is 13.8 Å². The molecular weight excluding hydrogens is 116 g/mol. The van der Waals surface area contributed by atoms with Gasteiger partial charge in [-0.1, -0.05) is 13.8 Å². The lowest BCUT2D eigenvalue weighted by atomic mass is 10.6. The van der Waals surface area contributed by atoms with Gasteiger partial charge in [0.05, 0.1) is 6.54 Å². The predicted molar refractivity (Wildman–Crippen MR) is 39.1 cm³/mol. The minimum atomic E-state index is -0.0417. The highest BCUT2D eigenvalue weighted by Gasteiger charge is 1.95. The SMILES string of the molecule is CC.CN(C)C(=O)CN. The smallest absolute Gasteiger partial charge is 0.235 e. The van der Waals surface area contributed by atoms with Crippen molar-refractivity contribution in [2.45, 2.75) is 13.8 Å². The molecule has 2 N–H and O–H groups in total. The standard InChI is InChI=1S/C4H10N2O.C2H6/c1-6(2)4(7)3-5;1-2/h3,5H2,1-2H3;1-2H3. The lowest BCUT2D eigenvalue weighted by Gasteiger charge is -2.05. The van der Waals surface area contributed by atoms with Gasteiger partial charge < -0.3 is 10.6 Å². The number of nitrogens with two attached hydrogens (primary N) is 1. The third kappa shape index (κ3) is 7.43. The van der Waals surface area contributed by atoms with Crippen LogP contribution in [0.1, 0.15) is 13.8 Å². The summed E-state index contributed by atoms with van der Waals surface area (Å²) < 4.78 is 0. The van der Waals surface area contributed by atoms with Gasteiger partial charge >= 0.3 is 0 Å². The van der Waals surface area contributed by atoms with Crippen LogP contribution in [0.4, 0.5) is 0 Å². The van der Waals surface area contributed by atoms with Crippen LogP contribution in [0.2, 0.25) is 0 Å². The van der Waals surface area contributed by atoms with Crippen molar-refractivity contribution in [3.63, 3.8) is 0 Å². The van der Waals surface area contributed by atoms with Crippen molar-refractivity contribution in [2.24, 2.45) is 5.73 Å². The average molecular weight is 132 g/mol. The number of rotatable bonds is 1. The van der Waals surface area contributed by atoms with E-state index in [4.69, 9.17) is 5.73 Å². The first-order chi connectivity index (χ1) is 4.18. The van der Waals surface area contributed by atoms with Crippen molar-refractivity contribution in [3.05, 3.63) is 0 Å². The topological polar surface area (TPSA) is 46.3 Å². The average Bonchev–Trinajstić information content (AvgIpc) is 1.91. The molecule has 0 fully saturated rings. The molecule has 0 bridgehead atoms. The van der Waals surface area contributed by atoms with E-state index in [0.29, 0.717) is 0 Å². The maximum absolute atomic E-state index is 10.3. The zero-order chi connectivity index (χ0) is 7.86. The van der Waals surface area contributed by atoms with Crippen LogP contribution >= 0.6 is 0 Å². The molecule has 0 radical (unpaired) electrons. The van der Waals surface area contributed by atoms with E-state index < -0.39 is 0 Å². The molecule has 0 spiro atoms. The Morgan fingerprint density at radius 3 is 1.78 bits per heavy atom. The van der Waals surface area contributed by atoms with E-state index in [0.717, 1.165) is 0 Å². The summed E-state index contributed by atoms with van der Waals surface area (Å²) in [6.07, 6.45) is 0. The van der Waals surface area contributed by atoms with Gasteiger partial charge in [-0.15, -0.1) is 0 Å². The van der Waals surface area contributed by atoms with Crippen molar-refractivity contribution >= 4 is 5.91 Å². The van der Waals surface area contributed by atoms with Crippen molar-refractivity contribution in [3.8, 4) is 0 Å². The summed E-state index contributed by atoms with van der Waals surface area (Å²) in [6, 6.07) is 0. The summed E-state index contributed by atoms with van der Waals surface area (Å²) in [7, 11) is 3.35. The summed E-state index contributed by atoms with van der Waals surface area (Å²) in [4.78, 5) is 11.8. The van der Waals surface area contributed by atoms with Gasteiger partial charge in [-0.25, -0.2) is 0 Å². The summed E-state index contributed by atoms with van der Waals surface area (Å²) in [6.45, 7) is 4.10. The van der Waals surface area contributed by atoms with E-state index in [9.17, 15) is 4.79 Å². The molecule has 9 heavy (non-hydrogen) atoms. The Labute approximate surface area is 56.8 Å². The highest BCUT2D eigenvalue weighted by atomic mass is 16.2. The van der Waals surface area contributed by atoms with Gasteiger partial charge in [0.25, 0.3) is 0 Å². The first-order valence-electron chi connectivity index (χ1n) is 3.08. The van der Waals surface area contributed by atoms with Crippen molar-refractivity contribution in [1.29, 1.82) is 0 Å². The second kappa shape index (κ2) is 7.43. The van der Waals surface area contributed by atoms with E-state index in [-0.39, 0.29) is 12.5 Å². The van der Waals surface area contributed by atoms with Gasteiger partial charge in [0.2, 0.25) is 5.91 Å². The molecular formula is C6H16N2O. The molecule has 0 saturated carbocycles. The Balaban J connectivity index is 0. The minimum absolute atomic E-state index is 0.0417. The number of carbonyl (C=O) groups excluding carboxylic acids is 1. The molecule has 3 heteroatoms. The Bertz CT molecular complexity index is 71.5.